The van der Waals surface area contributed by atoms with Crippen LogP contribution in [0.2, 0.25) is 0 Å². The van der Waals surface area contributed by atoms with Gasteiger partial charge in [0.15, 0.2) is 0 Å². The molecule has 0 heterocycles. The van der Waals surface area contributed by atoms with Crippen molar-refractivity contribution in [2.75, 3.05) is 11.5 Å². The van der Waals surface area contributed by atoms with Gasteiger partial charge in [-0.15, -0.1) is 0 Å². The number of nitrogen functional groups attached to an aromatic ring is 1. The van der Waals surface area contributed by atoms with Crippen molar-refractivity contribution in [3.05, 3.63) is 23.8 Å². The number of nitrogens with two attached hydrogens (primary N) is 1. The molecule has 0 aliphatic heterocycles. The third-order valence-electron chi connectivity index (χ3n) is 2.23. The van der Waals surface area contributed by atoms with Gasteiger partial charge in [-0.1, -0.05) is 0 Å². The molecule has 0 amide bonds. The third kappa shape index (κ3) is 4.77. The second-order valence-corrected chi connectivity index (χ2v) is 5.33. The first-order valence-electron chi connectivity index (χ1n) is 5.11. The predicted molar refractivity (Wildman–Crippen MR) is 62.2 cm³/mol. The molecule has 2 N–H and O–H groups in total. The van der Waals surface area contributed by atoms with Gasteiger partial charge >= 0.3 is 6.18 Å². The lowest BCUT2D eigenvalue weighted by molar-refractivity contribution is -0.134. The Labute approximate surface area is 100 Å². The first-order chi connectivity index (χ1) is 7.79. The van der Waals surface area contributed by atoms with Crippen LogP contribution in [0.5, 0.6) is 0 Å². The molecule has 0 saturated heterocycles. The van der Waals surface area contributed by atoms with Gasteiger partial charge in [0, 0.05) is 22.8 Å². The number of rotatable bonds is 4. The van der Waals surface area contributed by atoms with E-state index in [1.807, 2.05) is 0 Å². The number of aryl methyl sites for hydroxylation is 1. The van der Waals surface area contributed by atoms with E-state index in [0.717, 1.165) is 5.56 Å². The Morgan fingerprint density at radius 3 is 2.53 bits per heavy atom. The molecule has 6 heteroatoms. The normalized spacial score (nSPS) is 13.6. The number of anilines is 1. The van der Waals surface area contributed by atoms with E-state index in [-0.39, 0.29) is 12.2 Å². The number of alkyl halides is 3. The van der Waals surface area contributed by atoms with E-state index in [0.29, 0.717) is 10.6 Å². The fourth-order valence-electron chi connectivity index (χ4n) is 1.44. The van der Waals surface area contributed by atoms with Gasteiger partial charge in [-0.05, 0) is 37.1 Å². The van der Waals surface area contributed by atoms with Crippen LogP contribution < -0.4 is 5.73 Å². The summed E-state index contributed by atoms with van der Waals surface area (Å²) in [4.78, 5) is 0.557. The van der Waals surface area contributed by atoms with Crippen LogP contribution in [0.15, 0.2) is 23.1 Å². The van der Waals surface area contributed by atoms with E-state index in [9.17, 15) is 17.4 Å². The lowest BCUT2D eigenvalue weighted by Crippen LogP contribution is -2.10. The molecule has 0 aliphatic carbocycles. The Morgan fingerprint density at radius 2 is 2.00 bits per heavy atom. The fourth-order valence-corrected chi connectivity index (χ4v) is 2.71. The smallest absolute Gasteiger partial charge is 0.389 e. The van der Waals surface area contributed by atoms with Crippen molar-refractivity contribution in [2.24, 2.45) is 0 Å². The molecule has 1 atom stereocenters. The number of hydrogen-bond donors (Lipinski definition) is 1. The monoisotopic (exact) mass is 265 g/mol. The van der Waals surface area contributed by atoms with Crippen molar-refractivity contribution >= 4 is 16.5 Å². The van der Waals surface area contributed by atoms with Crippen LogP contribution in [0.3, 0.4) is 0 Å². The average Bonchev–Trinajstić information content (AvgIpc) is 2.15. The Balaban J connectivity index is 2.59. The Bertz CT molecular complexity index is 418. The fraction of sp³-hybridized carbons (Fsp3) is 0.455. The zero-order valence-corrected chi connectivity index (χ0v) is 10.2. The minimum Gasteiger partial charge on any atom is -0.399 e. The van der Waals surface area contributed by atoms with Crippen LogP contribution in [0.25, 0.3) is 0 Å². The summed E-state index contributed by atoms with van der Waals surface area (Å²) in [5, 5.41) is 0. The van der Waals surface area contributed by atoms with Crippen LogP contribution in [-0.4, -0.2) is 16.1 Å². The molecule has 1 aromatic carbocycles. The zero-order chi connectivity index (χ0) is 13.1. The first-order valence-corrected chi connectivity index (χ1v) is 6.43. The standard InChI is InChI=1S/C11H14F3NOS/c1-8-7-9(15)3-4-10(8)17(16)6-2-5-11(12,13)14/h3-4,7H,2,5-6,15H2,1H3. The minimum atomic E-state index is -4.18. The van der Waals surface area contributed by atoms with Gasteiger partial charge in [0.25, 0.3) is 0 Å². The molecule has 1 unspecified atom stereocenters. The van der Waals surface area contributed by atoms with Crippen molar-refractivity contribution in [1.29, 1.82) is 0 Å². The molecule has 0 fully saturated rings. The van der Waals surface area contributed by atoms with Crippen LogP contribution in [-0.2, 0) is 10.8 Å². The van der Waals surface area contributed by atoms with Crippen LogP contribution in [0.4, 0.5) is 18.9 Å². The number of hydrogen-bond acceptors (Lipinski definition) is 2. The van der Waals surface area contributed by atoms with Crippen LogP contribution >= 0.6 is 0 Å². The summed E-state index contributed by atoms with van der Waals surface area (Å²) >= 11 is 0. The van der Waals surface area contributed by atoms with Gasteiger partial charge in [0.2, 0.25) is 0 Å². The molecule has 1 rings (SSSR count). The Kier molecular flexibility index (Phi) is 4.56. The summed E-state index contributed by atoms with van der Waals surface area (Å²) in [5.74, 6) is 0.0181. The second kappa shape index (κ2) is 5.53. The van der Waals surface area contributed by atoms with Crippen LogP contribution in [0.1, 0.15) is 18.4 Å². The van der Waals surface area contributed by atoms with E-state index >= 15 is 0 Å². The first kappa shape index (κ1) is 14.0. The zero-order valence-electron chi connectivity index (χ0n) is 9.38. The molecule has 0 aromatic heterocycles. The summed E-state index contributed by atoms with van der Waals surface area (Å²) in [7, 11) is -1.39. The van der Waals surface area contributed by atoms with Crippen LogP contribution in [0, 0.1) is 6.92 Å². The minimum absolute atomic E-state index is 0.0181. The molecule has 1 aromatic rings. The predicted octanol–water partition coefficient (Wildman–Crippen LogP) is 3.03. The van der Waals surface area contributed by atoms with E-state index < -0.39 is 23.4 Å². The molecule has 0 saturated carbocycles. The third-order valence-corrected chi connectivity index (χ3v) is 3.84. The van der Waals surface area contributed by atoms with E-state index in [2.05, 4.69) is 0 Å². The molecule has 0 radical (unpaired) electrons. The lowest BCUT2D eigenvalue weighted by atomic mass is 10.2. The van der Waals surface area contributed by atoms with Crippen molar-refractivity contribution in [3.8, 4) is 0 Å². The maximum atomic E-state index is 11.9. The highest BCUT2D eigenvalue weighted by Gasteiger charge is 2.26. The highest BCUT2D eigenvalue weighted by molar-refractivity contribution is 7.85. The van der Waals surface area contributed by atoms with E-state index in [4.69, 9.17) is 5.73 Å². The number of benzene rings is 1. The van der Waals surface area contributed by atoms with Gasteiger partial charge < -0.3 is 5.73 Å². The molecule has 2 nitrogen and oxygen atoms in total. The van der Waals surface area contributed by atoms with Crippen molar-refractivity contribution in [1.82, 2.24) is 0 Å². The van der Waals surface area contributed by atoms with Gasteiger partial charge in [0.05, 0.1) is 10.8 Å². The van der Waals surface area contributed by atoms with Crippen molar-refractivity contribution in [3.63, 3.8) is 0 Å². The van der Waals surface area contributed by atoms with Crippen molar-refractivity contribution < 1.29 is 17.4 Å². The molecular weight excluding hydrogens is 251 g/mol. The average molecular weight is 265 g/mol. The van der Waals surface area contributed by atoms with Gasteiger partial charge in [-0.3, -0.25) is 4.21 Å². The summed E-state index contributed by atoms with van der Waals surface area (Å²) < 4.78 is 47.5. The second-order valence-electron chi connectivity index (χ2n) is 3.79. The molecule has 0 aliphatic rings. The highest BCUT2D eigenvalue weighted by Crippen LogP contribution is 2.23. The Hall–Kier alpha value is -1.04. The summed E-state index contributed by atoms with van der Waals surface area (Å²) in [6.07, 6.45) is -5.20. The summed E-state index contributed by atoms with van der Waals surface area (Å²) in [5.41, 5.74) is 6.84. The largest absolute Gasteiger partial charge is 0.399 e. The van der Waals surface area contributed by atoms with Crippen molar-refractivity contribution in [2.45, 2.75) is 30.8 Å². The quantitative estimate of drug-likeness (QED) is 0.850. The van der Waals surface area contributed by atoms with E-state index in [1.54, 1.807) is 25.1 Å². The summed E-state index contributed by atoms with van der Waals surface area (Å²) in [6.45, 7) is 1.74. The molecule has 96 valence electrons. The van der Waals surface area contributed by atoms with Gasteiger partial charge in [-0.25, -0.2) is 0 Å². The highest BCUT2D eigenvalue weighted by atomic mass is 32.2. The van der Waals surface area contributed by atoms with E-state index in [1.165, 1.54) is 0 Å². The molecule has 17 heavy (non-hydrogen) atoms. The molecular formula is C11H14F3NOS. The molecule has 0 spiro atoms. The lowest BCUT2D eigenvalue weighted by Gasteiger charge is -2.08. The number of halogens is 3. The van der Waals surface area contributed by atoms with Gasteiger partial charge in [0.1, 0.15) is 0 Å². The topological polar surface area (TPSA) is 43.1 Å². The SMILES string of the molecule is Cc1cc(N)ccc1S(=O)CCCC(F)(F)F. The summed E-state index contributed by atoms with van der Waals surface area (Å²) in [6, 6.07) is 4.87. The van der Waals surface area contributed by atoms with Gasteiger partial charge in [-0.2, -0.15) is 13.2 Å². The maximum Gasteiger partial charge on any atom is 0.389 e. The molecule has 0 bridgehead atoms. The maximum absolute atomic E-state index is 11.9. The Morgan fingerprint density at radius 1 is 1.35 bits per heavy atom.